The molecule has 0 aliphatic heterocycles. The number of tetrazole rings is 1. The van der Waals surface area contributed by atoms with Crippen molar-refractivity contribution in [3.05, 3.63) is 5.82 Å². The van der Waals surface area contributed by atoms with E-state index in [1.165, 1.54) is 0 Å². The minimum atomic E-state index is -0.231. The maximum absolute atomic E-state index is 11.7. The Morgan fingerprint density at radius 3 is 2.87 bits per heavy atom. The molecule has 0 atom stereocenters. The van der Waals surface area contributed by atoms with Gasteiger partial charge in [-0.25, -0.2) is 0 Å². The molecule has 1 aromatic rings. The van der Waals surface area contributed by atoms with Crippen LogP contribution in [0.4, 0.5) is 0 Å². The van der Waals surface area contributed by atoms with Crippen molar-refractivity contribution in [3.63, 3.8) is 0 Å². The highest BCUT2D eigenvalue weighted by Gasteiger charge is 2.17. The lowest BCUT2D eigenvalue weighted by molar-refractivity contribution is 0.0658. The van der Waals surface area contributed by atoms with E-state index in [1.807, 2.05) is 13.8 Å². The van der Waals surface area contributed by atoms with Gasteiger partial charge in [-0.3, -0.25) is 4.79 Å². The van der Waals surface area contributed by atoms with Crippen molar-refractivity contribution < 1.29 is 9.53 Å². The molecule has 1 aromatic heterocycles. The largest absolute Gasteiger partial charge is 0.380 e. The van der Waals surface area contributed by atoms with Gasteiger partial charge in [0, 0.05) is 19.7 Å². The molecule has 0 aliphatic rings. The van der Waals surface area contributed by atoms with Crippen LogP contribution in [-0.2, 0) is 4.74 Å². The lowest BCUT2D eigenvalue weighted by Crippen LogP contribution is -2.34. The summed E-state index contributed by atoms with van der Waals surface area (Å²) in [6.07, 6.45) is 0. The fraction of sp³-hybridized carbons (Fsp3) is 0.750. The molecule has 15 heavy (non-hydrogen) atoms. The van der Waals surface area contributed by atoms with Crippen LogP contribution in [0.25, 0.3) is 0 Å². The summed E-state index contributed by atoms with van der Waals surface area (Å²) in [4.78, 5) is 13.3. The van der Waals surface area contributed by atoms with Crippen molar-refractivity contribution in [2.45, 2.75) is 13.8 Å². The summed E-state index contributed by atoms with van der Waals surface area (Å²) in [5, 5.41) is 12.9. The summed E-state index contributed by atoms with van der Waals surface area (Å²) in [5.41, 5.74) is 0. The number of nitrogens with one attached hydrogen (secondary N) is 1. The van der Waals surface area contributed by atoms with E-state index in [9.17, 15) is 4.79 Å². The topological polar surface area (TPSA) is 84.0 Å². The first-order chi connectivity index (χ1) is 7.29. The van der Waals surface area contributed by atoms with Gasteiger partial charge in [0.25, 0.3) is 11.7 Å². The molecule has 0 aliphatic carbocycles. The lowest BCUT2D eigenvalue weighted by atomic mass is 10.4. The molecule has 7 nitrogen and oxygen atoms in total. The van der Waals surface area contributed by atoms with Crippen LogP contribution in [0, 0.1) is 0 Å². The second kappa shape index (κ2) is 6.07. The van der Waals surface area contributed by atoms with E-state index in [0.717, 1.165) is 0 Å². The molecule has 0 radical (unpaired) electrons. The van der Waals surface area contributed by atoms with Crippen molar-refractivity contribution in [1.82, 2.24) is 25.5 Å². The quantitative estimate of drug-likeness (QED) is 0.656. The number of ether oxygens (including phenoxy) is 1. The zero-order valence-corrected chi connectivity index (χ0v) is 8.93. The number of H-pyrrole nitrogens is 1. The van der Waals surface area contributed by atoms with Crippen LogP contribution in [0.5, 0.6) is 0 Å². The molecule has 1 heterocycles. The Hall–Kier alpha value is -1.50. The number of aromatic nitrogens is 4. The lowest BCUT2D eigenvalue weighted by Gasteiger charge is -2.18. The molecule has 84 valence electrons. The number of carbonyl (C=O) groups is 1. The van der Waals surface area contributed by atoms with Gasteiger partial charge in [0.05, 0.1) is 6.61 Å². The number of amides is 1. The summed E-state index contributed by atoms with van der Waals surface area (Å²) >= 11 is 0. The molecular weight excluding hydrogens is 198 g/mol. The first-order valence-electron chi connectivity index (χ1n) is 4.90. The highest BCUT2D eigenvalue weighted by atomic mass is 16.5. The number of hydrogen-bond donors (Lipinski definition) is 1. The van der Waals surface area contributed by atoms with Gasteiger partial charge in [-0.1, -0.05) is 0 Å². The van der Waals surface area contributed by atoms with Gasteiger partial charge in [-0.15, -0.1) is 10.2 Å². The van der Waals surface area contributed by atoms with Crippen molar-refractivity contribution in [2.24, 2.45) is 0 Å². The van der Waals surface area contributed by atoms with Crippen LogP contribution in [0.3, 0.4) is 0 Å². The van der Waals surface area contributed by atoms with Crippen LogP contribution in [0.15, 0.2) is 0 Å². The predicted molar refractivity (Wildman–Crippen MR) is 52.2 cm³/mol. The van der Waals surface area contributed by atoms with Crippen LogP contribution in [-0.4, -0.2) is 57.7 Å². The van der Waals surface area contributed by atoms with E-state index in [0.29, 0.717) is 26.3 Å². The SMILES string of the molecule is CCOCCN(CC)C(=O)c1nn[nH]n1. The maximum atomic E-state index is 11.7. The van der Waals surface area contributed by atoms with Crippen molar-refractivity contribution >= 4 is 5.91 Å². The monoisotopic (exact) mass is 213 g/mol. The van der Waals surface area contributed by atoms with E-state index < -0.39 is 0 Å². The molecule has 0 aromatic carbocycles. The number of aromatic amines is 1. The molecule has 0 fully saturated rings. The molecule has 1 rings (SSSR count). The summed E-state index contributed by atoms with van der Waals surface area (Å²) in [6.45, 7) is 6.11. The van der Waals surface area contributed by atoms with Crippen LogP contribution >= 0.6 is 0 Å². The average Bonchev–Trinajstić information content (AvgIpc) is 2.77. The highest BCUT2D eigenvalue weighted by Crippen LogP contribution is 1.96. The van der Waals surface area contributed by atoms with Crippen molar-refractivity contribution in [3.8, 4) is 0 Å². The fourth-order valence-electron chi connectivity index (χ4n) is 1.12. The van der Waals surface area contributed by atoms with E-state index in [2.05, 4.69) is 20.6 Å². The Kier molecular flexibility index (Phi) is 4.69. The molecule has 0 spiro atoms. The van der Waals surface area contributed by atoms with Crippen LogP contribution in [0.1, 0.15) is 24.5 Å². The van der Waals surface area contributed by atoms with Crippen LogP contribution < -0.4 is 0 Å². The number of rotatable bonds is 6. The fourth-order valence-corrected chi connectivity index (χ4v) is 1.12. The van der Waals surface area contributed by atoms with E-state index in [1.54, 1.807) is 4.90 Å². The summed E-state index contributed by atoms with van der Waals surface area (Å²) < 4.78 is 5.18. The first kappa shape index (κ1) is 11.6. The zero-order chi connectivity index (χ0) is 11.1. The van der Waals surface area contributed by atoms with Gasteiger partial charge in [0.1, 0.15) is 0 Å². The molecule has 7 heteroatoms. The van der Waals surface area contributed by atoms with E-state index in [4.69, 9.17) is 4.74 Å². The van der Waals surface area contributed by atoms with Crippen LogP contribution in [0.2, 0.25) is 0 Å². The molecule has 0 saturated heterocycles. The number of likely N-dealkylation sites (N-methyl/N-ethyl adjacent to an activating group) is 1. The normalized spacial score (nSPS) is 10.3. The number of hydrogen-bond acceptors (Lipinski definition) is 5. The molecule has 0 unspecified atom stereocenters. The Morgan fingerprint density at radius 1 is 1.53 bits per heavy atom. The van der Waals surface area contributed by atoms with Crippen molar-refractivity contribution in [2.75, 3.05) is 26.3 Å². The van der Waals surface area contributed by atoms with Gasteiger partial charge in [-0.05, 0) is 19.1 Å². The second-order valence-electron chi connectivity index (χ2n) is 2.82. The third kappa shape index (κ3) is 3.28. The average molecular weight is 213 g/mol. The van der Waals surface area contributed by atoms with Gasteiger partial charge in [0.15, 0.2) is 0 Å². The van der Waals surface area contributed by atoms with Gasteiger partial charge in [-0.2, -0.15) is 5.21 Å². The van der Waals surface area contributed by atoms with Gasteiger partial charge >= 0.3 is 0 Å². The maximum Gasteiger partial charge on any atom is 0.295 e. The van der Waals surface area contributed by atoms with E-state index >= 15 is 0 Å². The number of nitrogens with zero attached hydrogens (tertiary/aromatic N) is 4. The minimum Gasteiger partial charge on any atom is -0.380 e. The Balaban J connectivity index is 2.47. The summed E-state index contributed by atoms with van der Waals surface area (Å²) in [6, 6.07) is 0. The van der Waals surface area contributed by atoms with Gasteiger partial charge in [0.2, 0.25) is 0 Å². The molecule has 0 saturated carbocycles. The Morgan fingerprint density at radius 2 is 2.33 bits per heavy atom. The smallest absolute Gasteiger partial charge is 0.295 e. The highest BCUT2D eigenvalue weighted by molar-refractivity contribution is 5.90. The van der Waals surface area contributed by atoms with Crippen molar-refractivity contribution in [1.29, 1.82) is 0 Å². The first-order valence-corrected chi connectivity index (χ1v) is 4.90. The predicted octanol–water partition coefficient (Wildman–Crippen LogP) is -0.302. The standard InChI is InChI=1S/C8H15N5O2/c1-3-13(5-6-15-4-2)8(14)7-9-11-12-10-7/h3-6H2,1-2H3,(H,9,10,11,12). The zero-order valence-electron chi connectivity index (χ0n) is 8.93. The molecule has 0 bridgehead atoms. The summed E-state index contributed by atoms with van der Waals surface area (Å²) in [7, 11) is 0. The molecule has 1 N–H and O–H groups in total. The minimum absolute atomic E-state index is 0.0911. The second-order valence-corrected chi connectivity index (χ2v) is 2.82. The van der Waals surface area contributed by atoms with Gasteiger partial charge < -0.3 is 9.64 Å². The summed E-state index contributed by atoms with van der Waals surface area (Å²) in [5.74, 6) is -0.140. The molecule has 1 amide bonds. The third-order valence-corrected chi connectivity index (χ3v) is 1.92. The Labute approximate surface area is 87.8 Å². The number of carbonyl (C=O) groups excluding carboxylic acids is 1. The van der Waals surface area contributed by atoms with E-state index in [-0.39, 0.29) is 11.7 Å². The molecular formula is C8H15N5O2. The Bertz CT molecular complexity index is 287. The third-order valence-electron chi connectivity index (χ3n) is 1.92.